The van der Waals surface area contributed by atoms with E-state index in [1.54, 1.807) is 0 Å². The summed E-state index contributed by atoms with van der Waals surface area (Å²) in [6.45, 7) is 2.79. The zero-order chi connectivity index (χ0) is 13.9. The highest BCUT2D eigenvalue weighted by molar-refractivity contribution is 6.30. The highest BCUT2D eigenvalue weighted by Crippen LogP contribution is 2.17. The molecule has 3 heteroatoms. The Hall–Kier alpha value is -2.06. The smallest absolute Gasteiger partial charge is 0.0705 e. The van der Waals surface area contributed by atoms with Crippen LogP contribution in [0.25, 0.3) is 10.9 Å². The van der Waals surface area contributed by atoms with Crippen molar-refractivity contribution in [3.63, 3.8) is 0 Å². The average molecular weight is 283 g/mol. The third-order valence-corrected chi connectivity index (χ3v) is 3.49. The van der Waals surface area contributed by atoms with E-state index in [4.69, 9.17) is 11.6 Å². The third kappa shape index (κ3) is 2.91. The van der Waals surface area contributed by atoms with Crippen molar-refractivity contribution < 1.29 is 0 Å². The summed E-state index contributed by atoms with van der Waals surface area (Å²) in [4.78, 5) is 4.51. The Morgan fingerprint density at radius 1 is 1.00 bits per heavy atom. The van der Waals surface area contributed by atoms with E-state index in [1.807, 2.05) is 37.3 Å². The first kappa shape index (κ1) is 12.9. The number of rotatable bonds is 3. The first-order valence-electron chi connectivity index (χ1n) is 6.56. The fraction of sp³-hybridized carbons (Fsp3) is 0.118. The van der Waals surface area contributed by atoms with E-state index in [0.717, 1.165) is 28.5 Å². The molecule has 3 aromatic rings. The molecule has 0 saturated heterocycles. The molecule has 0 spiro atoms. The number of anilines is 1. The van der Waals surface area contributed by atoms with Crippen LogP contribution in [-0.2, 0) is 6.54 Å². The molecule has 1 heterocycles. The topological polar surface area (TPSA) is 24.9 Å². The molecule has 0 amide bonds. The molecule has 100 valence electrons. The number of nitrogens with one attached hydrogen (secondary N) is 1. The van der Waals surface area contributed by atoms with Crippen LogP contribution >= 0.6 is 11.6 Å². The molecule has 3 rings (SSSR count). The summed E-state index contributed by atoms with van der Waals surface area (Å²) in [5, 5.41) is 5.31. The van der Waals surface area contributed by atoms with Crippen LogP contribution in [0.3, 0.4) is 0 Å². The molecule has 0 aliphatic carbocycles. The summed E-state index contributed by atoms with van der Waals surface area (Å²) < 4.78 is 0. The zero-order valence-corrected chi connectivity index (χ0v) is 12.0. The SMILES string of the molecule is Cc1ccc2cc(CNc3ccc(Cl)cc3)ccc2n1. The van der Waals surface area contributed by atoms with Crippen LogP contribution in [0, 0.1) is 6.92 Å². The summed E-state index contributed by atoms with van der Waals surface area (Å²) in [5.41, 5.74) is 4.39. The van der Waals surface area contributed by atoms with Gasteiger partial charge in [-0.1, -0.05) is 23.7 Å². The van der Waals surface area contributed by atoms with Gasteiger partial charge in [-0.2, -0.15) is 0 Å². The van der Waals surface area contributed by atoms with Crippen LogP contribution in [0.1, 0.15) is 11.3 Å². The monoisotopic (exact) mass is 282 g/mol. The van der Waals surface area contributed by atoms with Crippen LogP contribution in [0.4, 0.5) is 5.69 Å². The Morgan fingerprint density at radius 3 is 2.60 bits per heavy atom. The Bertz CT molecular complexity index is 736. The molecular weight excluding hydrogens is 268 g/mol. The number of aryl methyl sites for hydroxylation is 1. The summed E-state index contributed by atoms with van der Waals surface area (Å²) in [5.74, 6) is 0. The highest BCUT2D eigenvalue weighted by atomic mass is 35.5. The second-order valence-electron chi connectivity index (χ2n) is 4.84. The first-order chi connectivity index (χ1) is 9.70. The summed E-state index contributed by atoms with van der Waals surface area (Å²) >= 11 is 5.87. The van der Waals surface area contributed by atoms with E-state index in [-0.39, 0.29) is 0 Å². The van der Waals surface area contributed by atoms with E-state index >= 15 is 0 Å². The quantitative estimate of drug-likeness (QED) is 0.746. The maximum Gasteiger partial charge on any atom is 0.0705 e. The third-order valence-electron chi connectivity index (χ3n) is 3.23. The molecule has 0 aliphatic heterocycles. The van der Waals surface area contributed by atoms with Gasteiger partial charge in [0, 0.05) is 28.3 Å². The molecule has 2 aromatic carbocycles. The lowest BCUT2D eigenvalue weighted by Gasteiger charge is -2.08. The van der Waals surface area contributed by atoms with Crippen LogP contribution in [0.2, 0.25) is 5.02 Å². The van der Waals surface area contributed by atoms with Gasteiger partial charge in [0.2, 0.25) is 0 Å². The van der Waals surface area contributed by atoms with Crippen molar-refractivity contribution in [1.82, 2.24) is 4.98 Å². The van der Waals surface area contributed by atoms with Crippen LogP contribution in [0.5, 0.6) is 0 Å². The number of halogens is 1. The van der Waals surface area contributed by atoms with Crippen molar-refractivity contribution in [2.75, 3.05) is 5.32 Å². The molecule has 1 aromatic heterocycles. The minimum absolute atomic E-state index is 0.752. The van der Waals surface area contributed by atoms with Crippen LogP contribution in [0.15, 0.2) is 54.6 Å². The first-order valence-corrected chi connectivity index (χ1v) is 6.94. The lowest BCUT2D eigenvalue weighted by atomic mass is 10.1. The van der Waals surface area contributed by atoms with Crippen molar-refractivity contribution in [2.24, 2.45) is 0 Å². The van der Waals surface area contributed by atoms with Crippen molar-refractivity contribution in [1.29, 1.82) is 0 Å². The second kappa shape index (κ2) is 5.51. The lowest BCUT2D eigenvalue weighted by Crippen LogP contribution is -1.99. The maximum atomic E-state index is 5.87. The minimum Gasteiger partial charge on any atom is -0.381 e. The average Bonchev–Trinajstić information content (AvgIpc) is 2.46. The Labute approximate surface area is 123 Å². The number of benzene rings is 2. The number of fused-ring (bicyclic) bond motifs is 1. The van der Waals surface area contributed by atoms with Gasteiger partial charge in [-0.25, -0.2) is 0 Å². The summed E-state index contributed by atoms with van der Waals surface area (Å²) in [6.07, 6.45) is 0. The molecule has 0 fully saturated rings. The van der Waals surface area contributed by atoms with Crippen molar-refractivity contribution in [3.8, 4) is 0 Å². The number of hydrogen-bond donors (Lipinski definition) is 1. The second-order valence-corrected chi connectivity index (χ2v) is 5.28. The van der Waals surface area contributed by atoms with E-state index in [2.05, 4.69) is 34.6 Å². The van der Waals surface area contributed by atoms with E-state index in [0.29, 0.717) is 0 Å². The molecule has 0 radical (unpaired) electrons. The molecule has 0 unspecified atom stereocenters. The fourth-order valence-corrected chi connectivity index (χ4v) is 2.28. The standard InChI is InChI=1S/C17H15ClN2/c1-12-2-4-14-10-13(3-9-17(14)20-12)11-19-16-7-5-15(18)6-8-16/h2-10,19H,11H2,1H3. The van der Waals surface area contributed by atoms with Gasteiger partial charge in [0.1, 0.15) is 0 Å². The van der Waals surface area contributed by atoms with Gasteiger partial charge in [-0.3, -0.25) is 4.98 Å². The Kier molecular flexibility index (Phi) is 3.57. The van der Waals surface area contributed by atoms with Crippen molar-refractivity contribution in [2.45, 2.75) is 13.5 Å². The van der Waals surface area contributed by atoms with Gasteiger partial charge < -0.3 is 5.32 Å². The molecule has 0 saturated carbocycles. The summed E-state index contributed by atoms with van der Waals surface area (Å²) in [7, 11) is 0. The number of nitrogens with zero attached hydrogens (tertiary/aromatic N) is 1. The molecule has 20 heavy (non-hydrogen) atoms. The minimum atomic E-state index is 0.752. The van der Waals surface area contributed by atoms with Crippen LogP contribution < -0.4 is 5.32 Å². The number of aromatic nitrogens is 1. The zero-order valence-electron chi connectivity index (χ0n) is 11.2. The summed E-state index contributed by atoms with van der Waals surface area (Å²) in [6, 6.07) is 18.2. The molecule has 1 N–H and O–H groups in total. The van der Waals surface area contributed by atoms with Crippen molar-refractivity contribution in [3.05, 3.63) is 70.9 Å². The number of hydrogen-bond acceptors (Lipinski definition) is 2. The predicted octanol–water partition coefficient (Wildman–Crippen LogP) is 4.81. The van der Waals surface area contributed by atoms with E-state index < -0.39 is 0 Å². The maximum absolute atomic E-state index is 5.87. The van der Waals surface area contributed by atoms with Crippen LogP contribution in [-0.4, -0.2) is 4.98 Å². The Balaban J connectivity index is 1.77. The van der Waals surface area contributed by atoms with Gasteiger partial charge in [0.05, 0.1) is 5.52 Å². The predicted molar refractivity (Wildman–Crippen MR) is 85.3 cm³/mol. The van der Waals surface area contributed by atoms with E-state index in [9.17, 15) is 0 Å². The molecule has 2 nitrogen and oxygen atoms in total. The fourth-order valence-electron chi connectivity index (χ4n) is 2.16. The van der Waals surface area contributed by atoms with Crippen molar-refractivity contribution >= 4 is 28.2 Å². The Morgan fingerprint density at radius 2 is 1.80 bits per heavy atom. The van der Waals surface area contributed by atoms with Gasteiger partial charge >= 0.3 is 0 Å². The highest BCUT2D eigenvalue weighted by Gasteiger charge is 1.99. The number of pyridine rings is 1. The largest absolute Gasteiger partial charge is 0.381 e. The molecule has 0 atom stereocenters. The lowest BCUT2D eigenvalue weighted by molar-refractivity contribution is 1.15. The van der Waals surface area contributed by atoms with Gasteiger partial charge in [-0.15, -0.1) is 0 Å². The molecular formula is C17H15ClN2. The van der Waals surface area contributed by atoms with Gasteiger partial charge in [0.15, 0.2) is 0 Å². The van der Waals surface area contributed by atoms with Gasteiger partial charge in [0.25, 0.3) is 0 Å². The normalized spacial score (nSPS) is 10.7. The van der Waals surface area contributed by atoms with Gasteiger partial charge in [-0.05, 0) is 55.0 Å². The van der Waals surface area contributed by atoms with E-state index in [1.165, 1.54) is 10.9 Å². The molecule has 0 bridgehead atoms. The molecule has 0 aliphatic rings.